The third-order valence-electron chi connectivity index (χ3n) is 3.29. The van der Waals surface area contributed by atoms with Crippen molar-refractivity contribution in [1.29, 1.82) is 0 Å². The molecule has 0 saturated heterocycles. The highest BCUT2D eigenvalue weighted by atomic mass is 16.5. The molecule has 0 heterocycles. The van der Waals surface area contributed by atoms with Crippen LogP contribution >= 0.6 is 0 Å². The first-order chi connectivity index (χ1) is 8.31. The Balaban J connectivity index is 2.12. The first-order valence-electron chi connectivity index (χ1n) is 6.02. The molecule has 1 aliphatic rings. The summed E-state index contributed by atoms with van der Waals surface area (Å²) in [5.74, 6) is -0.522. The zero-order valence-corrected chi connectivity index (χ0v) is 9.67. The Morgan fingerprint density at radius 2 is 1.88 bits per heavy atom. The van der Waals surface area contributed by atoms with E-state index in [2.05, 4.69) is 12.1 Å². The lowest BCUT2D eigenvalue weighted by Gasteiger charge is -2.30. The molecule has 1 fully saturated rings. The van der Waals surface area contributed by atoms with Crippen molar-refractivity contribution in [2.45, 2.75) is 37.7 Å². The highest BCUT2D eigenvalue weighted by molar-refractivity contribution is 6.20. The summed E-state index contributed by atoms with van der Waals surface area (Å²) in [5, 5.41) is 0. The van der Waals surface area contributed by atoms with Gasteiger partial charge in [0, 0.05) is 5.92 Å². The molecule has 0 bridgehead atoms. The summed E-state index contributed by atoms with van der Waals surface area (Å²) in [5.41, 5.74) is 1.19. The van der Waals surface area contributed by atoms with E-state index in [0.29, 0.717) is 0 Å². The summed E-state index contributed by atoms with van der Waals surface area (Å²) in [6.07, 6.45) is 4.16. The van der Waals surface area contributed by atoms with Crippen LogP contribution in [0.25, 0.3) is 0 Å². The maximum atomic E-state index is 11.1. The number of rotatable bonds is 3. The van der Waals surface area contributed by atoms with Crippen LogP contribution in [0.15, 0.2) is 30.3 Å². The van der Waals surface area contributed by atoms with E-state index in [1.165, 1.54) is 5.56 Å². The fraction of sp³-hybridized carbons (Fsp3) is 0.429. The number of benzene rings is 1. The van der Waals surface area contributed by atoms with E-state index in [0.717, 1.165) is 25.7 Å². The normalized spacial score (nSPS) is 24.0. The number of esters is 1. The van der Waals surface area contributed by atoms with Gasteiger partial charge in [0.2, 0.25) is 6.29 Å². The molecule has 0 aliphatic heterocycles. The van der Waals surface area contributed by atoms with Gasteiger partial charge in [-0.15, -0.1) is 0 Å². The highest BCUT2D eigenvalue weighted by Crippen LogP contribution is 2.34. The Bertz CT molecular complexity index is 386. The minimum absolute atomic E-state index is 0.149. The molecule has 0 spiro atoms. The van der Waals surface area contributed by atoms with Gasteiger partial charge in [-0.3, -0.25) is 4.79 Å². The van der Waals surface area contributed by atoms with Crippen LogP contribution in [0.4, 0.5) is 0 Å². The fourth-order valence-corrected chi connectivity index (χ4v) is 2.50. The molecular formula is C14H16O3. The van der Waals surface area contributed by atoms with Gasteiger partial charge in [0.15, 0.2) is 0 Å². The van der Waals surface area contributed by atoms with E-state index in [-0.39, 0.29) is 18.3 Å². The second kappa shape index (κ2) is 5.62. The van der Waals surface area contributed by atoms with Crippen molar-refractivity contribution in [2.75, 3.05) is 0 Å². The van der Waals surface area contributed by atoms with Gasteiger partial charge < -0.3 is 4.74 Å². The molecule has 0 aromatic heterocycles. The van der Waals surface area contributed by atoms with E-state index in [9.17, 15) is 9.59 Å². The highest BCUT2D eigenvalue weighted by Gasteiger charge is 2.29. The molecule has 0 N–H and O–H groups in total. The summed E-state index contributed by atoms with van der Waals surface area (Å²) >= 11 is 0. The fourth-order valence-electron chi connectivity index (χ4n) is 2.50. The molecule has 1 saturated carbocycles. The van der Waals surface area contributed by atoms with E-state index in [1.54, 1.807) is 0 Å². The molecule has 1 aromatic carbocycles. The second-order valence-electron chi connectivity index (χ2n) is 4.39. The standard InChI is InChI=1S/C14H16O3/c15-10-14(16)17-13-9-5-4-8-12(13)11-6-2-1-3-7-11/h1-3,6-7,10,12-13H,4-5,8-9H2/t12-,13+/m1/s1. The van der Waals surface area contributed by atoms with Gasteiger partial charge in [-0.2, -0.15) is 0 Å². The Kier molecular flexibility index (Phi) is 3.91. The van der Waals surface area contributed by atoms with Gasteiger partial charge in [-0.05, 0) is 24.8 Å². The molecular weight excluding hydrogens is 216 g/mol. The minimum atomic E-state index is -0.752. The van der Waals surface area contributed by atoms with Crippen molar-refractivity contribution < 1.29 is 14.3 Å². The van der Waals surface area contributed by atoms with Crippen molar-refractivity contribution in [3.63, 3.8) is 0 Å². The number of hydrogen-bond acceptors (Lipinski definition) is 3. The smallest absolute Gasteiger partial charge is 0.371 e. The lowest BCUT2D eigenvalue weighted by Crippen LogP contribution is -2.29. The number of carbonyl (C=O) groups excluding carboxylic acids is 2. The van der Waals surface area contributed by atoms with Crippen molar-refractivity contribution >= 4 is 12.3 Å². The monoisotopic (exact) mass is 232 g/mol. The van der Waals surface area contributed by atoms with Crippen LogP contribution in [0.2, 0.25) is 0 Å². The maximum absolute atomic E-state index is 11.1. The number of aldehydes is 1. The van der Waals surface area contributed by atoms with Crippen LogP contribution in [0.1, 0.15) is 37.2 Å². The summed E-state index contributed by atoms with van der Waals surface area (Å²) in [4.78, 5) is 21.4. The van der Waals surface area contributed by atoms with Gasteiger partial charge >= 0.3 is 5.97 Å². The third kappa shape index (κ3) is 2.93. The largest absolute Gasteiger partial charge is 0.456 e. The third-order valence-corrected chi connectivity index (χ3v) is 3.29. The number of carbonyl (C=O) groups is 2. The average molecular weight is 232 g/mol. The Hall–Kier alpha value is -1.64. The first kappa shape index (κ1) is 11.8. The minimum Gasteiger partial charge on any atom is -0.456 e. The summed E-state index contributed by atoms with van der Waals surface area (Å²) < 4.78 is 5.20. The molecule has 0 radical (unpaired) electrons. The topological polar surface area (TPSA) is 43.4 Å². The van der Waals surface area contributed by atoms with Crippen LogP contribution in [0.3, 0.4) is 0 Å². The SMILES string of the molecule is O=CC(=O)O[C@H]1CCCC[C@@H]1c1ccccc1. The molecule has 1 aliphatic carbocycles. The average Bonchev–Trinajstić information content (AvgIpc) is 2.40. The molecule has 2 rings (SSSR count). The van der Waals surface area contributed by atoms with Crippen LogP contribution in [0.5, 0.6) is 0 Å². The van der Waals surface area contributed by atoms with E-state index in [4.69, 9.17) is 4.74 Å². The lowest BCUT2D eigenvalue weighted by molar-refractivity contribution is -0.155. The molecule has 2 atom stereocenters. The van der Waals surface area contributed by atoms with Crippen molar-refractivity contribution in [3.05, 3.63) is 35.9 Å². The van der Waals surface area contributed by atoms with Crippen molar-refractivity contribution in [2.24, 2.45) is 0 Å². The second-order valence-corrected chi connectivity index (χ2v) is 4.39. The molecule has 0 unspecified atom stereocenters. The summed E-state index contributed by atoms with van der Waals surface area (Å²) in [6.45, 7) is 0. The molecule has 0 amide bonds. The summed E-state index contributed by atoms with van der Waals surface area (Å²) in [6, 6.07) is 10.1. The van der Waals surface area contributed by atoms with E-state index < -0.39 is 5.97 Å². The van der Waals surface area contributed by atoms with Crippen LogP contribution in [-0.4, -0.2) is 18.4 Å². The Labute approximate surface area is 101 Å². The first-order valence-corrected chi connectivity index (χ1v) is 6.02. The summed E-state index contributed by atoms with van der Waals surface area (Å²) in [7, 11) is 0. The number of hydrogen-bond donors (Lipinski definition) is 0. The van der Waals surface area contributed by atoms with Crippen LogP contribution in [-0.2, 0) is 14.3 Å². The van der Waals surface area contributed by atoms with Gasteiger partial charge in [0.1, 0.15) is 6.10 Å². The molecule has 90 valence electrons. The quantitative estimate of drug-likeness (QED) is 0.457. The van der Waals surface area contributed by atoms with E-state index >= 15 is 0 Å². The molecule has 1 aromatic rings. The zero-order chi connectivity index (χ0) is 12.1. The predicted octanol–water partition coefficient (Wildman–Crippen LogP) is 2.45. The molecule has 3 heteroatoms. The van der Waals surface area contributed by atoms with E-state index in [1.807, 2.05) is 18.2 Å². The van der Waals surface area contributed by atoms with Gasteiger partial charge in [-0.1, -0.05) is 36.8 Å². The van der Waals surface area contributed by atoms with Crippen molar-refractivity contribution in [3.8, 4) is 0 Å². The van der Waals surface area contributed by atoms with Crippen molar-refractivity contribution in [1.82, 2.24) is 0 Å². The number of ether oxygens (including phenoxy) is 1. The Morgan fingerprint density at radius 1 is 1.18 bits per heavy atom. The zero-order valence-electron chi connectivity index (χ0n) is 9.67. The van der Waals surface area contributed by atoms with Crippen LogP contribution in [0, 0.1) is 0 Å². The van der Waals surface area contributed by atoms with Gasteiger partial charge in [0.25, 0.3) is 0 Å². The molecule has 3 nitrogen and oxygen atoms in total. The Morgan fingerprint density at radius 3 is 2.59 bits per heavy atom. The van der Waals surface area contributed by atoms with Gasteiger partial charge in [-0.25, -0.2) is 4.79 Å². The predicted molar refractivity (Wildman–Crippen MR) is 63.6 cm³/mol. The molecule has 17 heavy (non-hydrogen) atoms. The van der Waals surface area contributed by atoms with Crippen LogP contribution < -0.4 is 0 Å². The van der Waals surface area contributed by atoms with Gasteiger partial charge in [0.05, 0.1) is 0 Å². The maximum Gasteiger partial charge on any atom is 0.371 e. The lowest BCUT2D eigenvalue weighted by atomic mass is 9.81.